The van der Waals surface area contributed by atoms with Gasteiger partial charge in [0, 0.05) is 14.5 Å². The normalized spacial score (nSPS) is 23.4. The van der Waals surface area contributed by atoms with Gasteiger partial charge in [0.2, 0.25) is 0 Å². The molecule has 0 N–H and O–H groups in total. The molecule has 2 rings (SSSR count). The summed E-state index contributed by atoms with van der Waals surface area (Å²) in [6, 6.07) is 10.2. The van der Waals surface area contributed by atoms with Crippen LogP contribution in [0.4, 0.5) is 0 Å². The van der Waals surface area contributed by atoms with Crippen LogP contribution in [0.1, 0.15) is 24.8 Å². The van der Waals surface area contributed by atoms with Crippen molar-refractivity contribution in [2.24, 2.45) is 0 Å². The van der Waals surface area contributed by atoms with Crippen molar-refractivity contribution in [3.05, 3.63) is 41.5 Å². The lowest BCUT2D eigenvalue weighted by atomic mass is 9.91. The highest BCUT2D eigenvalue weighted by Crippen LogP contribution is 2.38. The van der Waals surface area contributed by atoms with Gasteiger partial charge < -0.3 is 0 Å². The van der Waals surface area contributed by atoms with Crippen molar-refractivity contribution in [3.63, 3.8) is 0 Å². The van der Waals surface area contributed by atoms with E-state index in [4.69, 9.17) is 0 Å². The lowest BCUT2D eigenvalue weighted by molar-refractivity contribution is -0.116. The van der Waals surface area contributed by atoms with Crippen molar-refractivity contribution in [3.8, 4) is 0 Å². The van der Waals surface area contributed by atoms with Gasteiger partial charge in [-0.15, -0.1) is 0 Å². The standard InChI is InChI=1S/C16H22OSi/c1-18(2,3)15-9-10-16(17)14(12-15)11-13-7-5-4-6-8-13/h4-8,11,15H,9-10,12H2,1-3H3/b14-11-. The van der Waals surface area contributed by atoms with Gasteiger partial charge in [0.1, 0.15) is 0 Å². The number of carbonyl (C=O) groups excluding carboxylic acids is 1. The smallest absolute Gasteiger partial charge is 0.158 e. The fraction of sp³-hybridized carbons (Fsp3) is 0.438. The molecule has 1 unspecified atom stereocenters. The molecule has 0 spiro atoms. The molecular formula is C16H22OSi. The van der Waals surface area contributed by atoms with Gasteiger partial charge in [-0.3, -0.25) is 4.79 Å². The van der Waals surface area contributed by atoms with Crippen LogP contribution < -0.4 is 0 Å². The summed E-state index contributed by atoms with van der Waals surface area (Å²) in [5.41, 5.74) is 2.95. The van der Waals surface area contributed by atoms with Gasteiger partial charge >= 0.3 is 0 Å². The van der Waals surface area contributed by atoms with E-state index in [2.05, 4.69) is 37.8 Å². The predicted octanol–water partition coefficient (Wildman–Crippen LogP) is 4.53. The molecule has 0 heterocycles. The van der Waals surface area contributed by atoms with Crippen LogP contribution in [0.3, 0.4) is 0 Å². The molecule has 0 aliphatic heterocycles. The summed E-state index contributed by atoms with van der Waals surface area (Å²) in [5, 5.41) is 0. The zero-order chi connectivity index (χ0) is 13.2. The van der Waals surface area contributed by atoms with Gasteiger partial charge in [-0.1, -0.05) is 50.0 Å². The molecule has 0 saturated heterocycles. The number of carbonyl (C=O) groups is 1. The maximum atomic E-state index is 12.0. The average Bonchev–Trinajstić information content (AvgIpc) is 2.32. The monoisotopic (exact) mass is 258 g/mol. The highest BCUT2D eigenvalue weighted by Gasteiger charge is 2.32. The predicted molar refractivity (Wildman–Crippen MR) is 80.4 cm³/mol. The summed E-state index contributed by atoms with van der Waals surface area (Å²) in [7, 11) is -1.14. The van der Waals surface area contributed by atoms with Crippen LogP contribution >= 0.6 is 0 Å². The third-order valence-corrected chi connectivity index (χ3v) is 6.85. The Morgan fingerprint density at radius 3 is 2.44 bits per heavy atom. The van der Waals surface area contributed by atoms with Crippen LogP contribution in [0, 0.1) is 0 Å². The summed E-state index contributed by atoms with van der Waals surface area (Å²) < 4.78 is 0. The molecule has 1 fully saturated rings. The van der Waals surface area contributed by atoms with E-state index in [0.717, 1.165) is 35.9 Å². The molecule has 1 nitrogen and oxygen atoms in total. The van der Waals surface area contributed by atoms with E-state index in [1.54, 1.807) is 0 Å². The summed E-state index contributed by atoms with van der Waals surface area (Å²) in [6.07, 6.45) is 4.92. The summed E-state index contributed by atoms with van der Waals surface area (Å²) in [5.74, 6) is 0.355. The van der Waals surface area contributed by atoms with Crippen LogP contribution in [0.5, 0.6) is 0 Å². The van der Waals surface area contributed by atoms with Gasteiger partial charge in [-0.25, -0.2) is 0 Å². The van der Waals surface area contributed by atoms with E-state index in [1.165, 1.54) is 0 Å². The molecular weight excluding hydrogens is 236 g/mol. The van der Waals surface area contributed by atoms with E-state index >= 15 is 0 Å². The minimum Gasteiger partial charge on any atom is -0.295 e. The number of allylic oxidation sites excluding steroid dienone is 1. The summed E-state index contributed by atoms with van der Waals surface area (Å²) in [4.78, 5) is 12.0. The van der Waals surface area contributed by atoms with Gasteiger partial charge in [-0.2, -0.15) is 0 Å². The van der Waals surface area contributed by atoms with E-state index < -0.39 is 8.07 Å². The number of hydrogen-bond acceptors (Lipinski definition) is 1. The Bertz CT molecular complexity index is 454. The van der Waals surface area contributed by atoms with Crippen molar-refractivity contribution in [2.45, 2.75) is 44.4 Å². The number of rotatable bonds is 2. The molecule has 1 aliphatic rings. The molecule has 0 bridgehead atoms. The molecule has 1 aliphatic carbocycles. The minimum atomic E-state index is -1.14. The molecule has 1 atom stereocenters. The first-order valence-corrected chi connectivity index (χ1v) is 10.3. The van der Waals surface area contributed by atoms with Gasteiger partial charge in [0.15, 0.2) is 5.78 Å². The SMILES string of the molecule is C[Si](C)(C)C1CCC(=O)/C(=C\c2ccccc2)C1. The zero-order valence-corrected chi connectivity index (χ0v) is 12.6. The topological polar surface area (TPSA) is 17.1 Å². The number of benzene rings is 1. The van der Waals surface area contributed by atoms with E-state index in [0.29, 0.717) is 5.78 Å². The Balaban J connectivity index is 2.21. The van der Waals surface area contributed by atoms with Crippen LogP contribution in [0.15, 0.2) is 35.9 Å². The molecule has 1 saturated carbocycles. The highest BCUT2D eigenvalue weighted by atomic mass is 28.3. The first kappa shape index (κ1) is 13.3. The number of Topliss-reactive ketones (excluding diaryl/α,β-unsaturated/α-hetero) is 1. The van der Waals surface area contributed by atoms with Crippen LogP contribution in [0.25, 0.3) is 6.08 Å². The second-order valence-electron chi connectivity index (χ2n) is 6.31. The lowest BCUT2D eigenvalue weighted by Crippen LogP contribution is -2.32. The summed E-state index contributed by atoms with van der Waals surface area (Å²) >= 11 is 0. The van der Waals surface area contributed by atoms with Crippen LogP contribution in [0.2, 0.25) is 25.2 Å². The maximum Gasteiger partial charge on any atom is 0.158 e. The molecule has 0 aromatic heterocycles. The average molecular weight is 258 g/mol. The van der Waals surface area contributed by atoms with Crippen molar-refractivity contribution in [2.75, 3.05) is 0 Å². The number of ketones is 1. The second-order valence-corrected chi connectivity index (χ2v) is 11.9. The molecule has 18 heavy (non-hydrogen) atoms. The molecule has 96 valence electrons. The van der Waals surface area contributed by atoms with Gasteiger partial charge in [0.25, 0.3) is 0 Å². The molecule has 0 amide bonds. The highest BCUT2D eigenvalue weighted by molar-refractivity contribution is 6.77. The molecule has 1 aromatic rings. The first-order chi connectivity index (χ1) is 8.47. The second kappa shape index (κ2) is 5.23. The maximum absolute atomic E-state index is 12.0. The van der Waals surface area contributed by atoms with Crippen molar-refractivity contribution in [1.29, 1.82) is 0 Å². The fourth-order valence-electron chi connectivity index (χ4n) is 2.58. The Hall–Kier alpha value is -1.15. The Morgan fingerprint density at radius 1 is 1.17 bits per heavy atom. The Kier molecular flexibility index (Phi) is 3.86. The van der Waals surface area contributed by atoms with Crippen molar-refractivity contribution in [1.82, 2.24) is 0 Å². The van der Waals surface area contributed by atoms with E-state index in [1.807, 2.05) is 18.2 Å². The van der Waals surface area contributed by atoms with E-state index in [9.17, 15) is 4.79 Å². The first-order valence-electron chi connectivity index (χ1n) is 6.75. The zero-order valence-electron chi connectivity index (χ0n) is 11.6. The molecule has 0 radical (unpaired) electrons. The fourth-order valence-corrected chi connectivity index (χ4v) is 4.42. The van der Waals surface area contributed by atoms with Gasteiger partial charge in [0.05, 0.1) is 0 Å². The lowest BCUT2D eigenvalue weighted by Gasteiger charge is -2.33. The quantitative estimate of drug-likeness (QED) is 0.562. The van der Waals surface area contributed by atoms with E-state index in [-0.39, 0.29) is 0 Å². The molecule has 1 aromatic carbocycles. The molecule has 2 heteroatoms. The van der Waals surface area contributed by atoms with Gasteiger partial charge in [-0.05, 0) is 35.6 Å². The third-order valence-electron chi connectivity index (χ3n) is 3.91. The Morgan fingerprint density at radius 2 is 1.83 bits per heavy atom. The number of hydrogen-bond donors (Lipinski definition) is 0. The van der Waals surface area contributed by atoms with Crippen molar-refractivity contribution >= 4 is 19.9 Å². The summed E-state index contributed by atoms with van der Waals surface area (Å²) in [6.45, 7) is 7.23. The largest absolute Gasteiger partial charge is 0.295 e. The van der Waals surface area contributed by atoms with Crippen LogP contribution in [-0.2, 0) is 4.79 Å². The van der Waals surface area contributed by atoms with Crippen LogP contribution in [-0.4, -0.2) is 13.9 Å². The third kappa shape index (κ3) is 3.20. The minimum absolute atomic E-state index is 0.355. The van der Waals surface area contributed by atoms with Crippen molar-refractivity contribution < 1.29 is 4.79 Å². The Labute approximate surface area is 111 Å².